The van der Waals surface area contributed by atoms with Crippen molar-refractivity contribution in [1.29, 1.82) is 0 Å². The number of benzene rings is 1. The third-order valence-corrected chi connectivity index (χ3v) is 3.73. The highest BCUT2D eigenvalue weighted by Gasteiger charge is 2.48. The first-order chi connectivity index (χ1) is 11.1. The number of carbonyl (C=O) groups excluding carboxylic acids is 1. The summed E-state index contributed by atoms with van der Waals surface area (Å²) >= 11 is 0. The molecule has 1 heterocycles. The molecule has 0 saturated heterocycles. The van der Waals surface area contributed by atoms with Crippen LogP contribution in [0.25, 0.3) is 0 Å². The molecule has 2 aromatic rings. The molecule has 6 nitrogen and oxygen atoms in total. The van der Waals surface area contributed by atoms with Gasteiger partial charge >= 0.3 is 5.97 Å². The van der Waals surface area contributed by atoms with Crippen LogP contribution in [0.4, 0.5) is 5.69 Å². The summed E-state index contributed by atoms with van der Waals surface area (Å²) in [5.74, 6) is -1.37. The summed E-state index contributed by atoms with van der Waals surface area (Å²) in [7, 11) is 0. The highest BCUT2D eigenvalue weighted by molar-refractivity contribution is 5.98. The summed E-state index contributed by atoms with van der Waals surface area (Å²) in [6.07, 6.45) is 2.00. The second-order valence-corrected chi connectivity index (χ2v) is 5.55. The Morgan fingerprint density at radius 1 is 1.22 bits per heavy atom. The van der Waals surface area contributed by atoms with E-state index in [4.69, 9.17) is 14.3 Å². The fourth-order valence-corrected chi connectivity index (χ4v) is 2.40. The van der Waals surface area contributed by atoms with E-state index in [1.165, 1.54) is 0 Å². The molecule has 1 fully saturated rings. The lowest BCUT2D eigenvalue weighted by Crippen LogP contribution is -2.16. The Hall–Kier alpha value is -2.60. The van der Waals surface area contributed by atoms with Crippen LogP contribution in [0.5, 0.6) is 0 Å². The SMILES string of the molecule is O=C(O)C1CC1C(=O)Nc1cccc(COCc2ccco2)c1. The molecular formula is C17H17NO5. The second-order valence-electron chi connectivity index (χ2n) is 5.55. The highest BCUT2D eigenvalue weighted by Crippen LogP contribution is 2.39. The van der Waals surface area contributed by atoms with Gasteiger partial charge in [0.05, 0.1) is 24.7 Å². The van der Waals surface area contributed by atoms with Gasteiger partial charge in [-0.3, -0.25) is 9.59 Å². The molecule has 0 spiro atoms. The van der Waals surface area contributed by atoms with E-state index < -0.39 is 17.8 Å². The predicted molar refractivity (Wildman–Crippen MR) is 81.5 cm³/mol. The van der Waals surface area contributed by atoms with Crippen LogP contribution in [0.1, 0.15) is 17.7 Å². The van der Waals surface area contributed by atoms with E-state index in [1.807, 2.05) is 24.3 Å². The average molecular weight is 315 g/mol. The smallest absolute Gasteiger partial charge is 0.307 e. The van der Waals surface area contributed by atoms with E-state index in [-0.39, 0.29) is 5.91 Å². The maximum absolute atomic E-state index is 12.0. The molecule has 1 aromatic heterocycles. The van der Waals surface area contributed by atoms with Gasteiger partial charge in [-0.1, -0.05) is 12.1 Å². The third kappa shape index (κ3) is 3.98. The molecule has 1 saturated carbocycles. The second kappa shape index (κ2) is 6.66. The number of carboxylic acid groups (broad SMARTS) is 1. The first kappa shape index (κ1) is 15.3. The molecule has 0 radical (unpaired) electrons. The summed E-state index contributed by atoms with van der Waals surface area (Å²) in [5, 5.41) is 11.6. The number of carbonyl (C=O) groups is 2. The van der Waals surface area contributed by atoms with Gasteiger partial charge in [-0.15, -0.1) is 0 Å². The standard InChI is InChI=1S/C17H17NO5/c19-16(14-8-15(14)17(20)21)18-12-4-1-3-11(7-12)9-22-10-13-5-2-6-23-13/h1-7,14-15H,8-10H2,(H,18,19)(H,20,21). The largest absolute Gasteiger partial charge is 0.481 e. The fourth-order valence-electron chi connectivity index (χ4n) is 2.40. The van der Waals surface area contributed by atoms with Gasteiger partial charge in [0, 0.05) is 5.69 Å². The van der Waals surface area contributed by atoms with Crippen molar-refractivity contribution in [2.75, 3.05) is 5.32 Å². The first-order valence-corrected chi connectivity index (χ1v) is 7.36. The average Bonchev–Trinajstić information content (AvgIpc) is 3.18. The van der Waals surface area contributed by atoms with E-state index >= 15 is 0 Å². The number of amides is 1. The minimum atomic E-state index is -0.912. The molecule has 1 amide bonds. The van der Waals surface area contributed by atoms with E-state index in [9.17, 15) is 9.59 Å². The number of anilines is 1. The first-order valence-electron chi connectivity index (χ1n) is 7.36. The molecule has 2 atom stereocenters. The van der Waals surface area contributed by atoms with Crippen LogP contribution in [-0.2, 0) is 27.5 Å². The molecule has 2 unspecified atom stereocenters. The van der Waals surface area contributed by atoms with Gasteiger partial charge in [0.1, 0.15) is 12.4 Å². The Bertz CT molecular complexity index is 695. The number of furan rings is 1. The molecular weight excluding hydrogens is 298 g/mol. The summed E-state index contributed by atoms with van der Waals surface area (Å²) in [6.45, 7) is 0.775. The zero-order chi connectivity index (χ0) is 16.2. The van der Waals surface area contributed by atoms with Crippen molar-refractivity contribution in [3.05, 3.63) is 54.0 Å². The summed E-state index contributed by atoms with van der Waals surface area (Å²) < 4.78 is 10.7. The van der Waals surface area contributed by atoms with Gasteiger partial charge in [0.25, 0.3) is 0 Å². The number of rotatable bonds is 7. The maximum atomic E-state index is 12.0. The minimum absolute atomic E-state index is 0.244. The lowest BCUT2D eigenvalue weighted by atomic mass is 10.2. The van der Waals surface area contributed by atoms with Gasteiger partial charge < -0.3 is 19.6 Å². The van der Waals surface area contributed by atoms with Crippen LogP contribution in [0, 0.1) is 11.8 Å². The van der Waals surface area contributed by atoms with Crippen molar-refractivity contribution in [2.24, 2.45) is 11.8 Å². The molecule has 1 aliphatic rings. The van der Waals surface area contributed by atoms with Crippen LogP contribution in [-0.4, -0.2) is 17.0 Å². The molecule has 1 aromatic carbocycles. The lowest BCUT2D eigenvalue weighted by molar-refractivity contribution is -0.139. The van der Waals surface area contributed by atoms with Crippen molar-refractivity contribution in [2.45, 2.75) is 19.6 Å². The molecule has 2 N–H and O–H groups in total. The number of nitrogens with one attached hydrogen (secondary N) is 1. The fraction of sp³-hybridized carbons (Fsp3) is 0.294. The summed E-state index contributed by atoms with van der Waals surface area (Å²) in [4.78, 5) is 22.7. The molecule has 23 heavy (non-hydrogen) atoms. The van der Waals surface area contributed by atoms with Crippen LogP contribution < -0.4 is 5.32 Å². The topological polar surface area (TPSA) is 88.8 Å². The molecule has 0 bridgehead atoms. The van der Waals surface area contributed by atoms with Gasteiger partial charge in [-0.25, -0.2) is 0 Å². The van der Waals surface area contributed by atoms with Crippen molar-refractivity contribution >= 4 is 17.6 Å². The molecule has 0 aliphatic heterocycles. The van der Waals surface area contributed by atoms with Crippen molar-refractivity contribution < 1.29 is 23.8 Å². The van der Waals surface area contributed by atoms with Crippen LogP contribution in [0.2, 0.25) is 0 Å². The normalized spacial score (nSPS) is 19.3. The maximum Gasteiger partial charge on any atom is 0.307 e. The van der Waals surface area contributed by atoms with E-state index in [0.29, 0.717) is 25.3 Å². The quantitative estimate of drug-likeness (QED) is 0.820. The number of hydrogen-bond acceptors (Lipinski definition) is 4. The lowest BCUT2D eigenvalue weighted by Gasteiger charge is -2.07. The minimum Gasteiger partial charge on any atom is -0.481 e. The molecule has 6 heteroatoms. The van der Waals surface area contributed by atoms with E-state index in [2.05, 4.69) is 5.32 Å². The van der Waals surface area contributed by atoms with E-state index in [1.54, 1.807) is 18.4 Å². The predicted octanol–water partition coefficient (Wildman–Crippen LogP) is 2.66. The summed E-state index contributed by atoms with van der Waals surface area (Å²) in [5.41, 5.74) is 1.56. The van der Waals surface area contributed by atoms with E-state index in [0.717, 1.165) is 11.3 Å². The number of aliphatic carboxylic acids is 1. The summed E-state index contributed by atoms with van der Waals surface area (Å²) in [6, 6.07) is 10.9. The van der Waals surface area contributed by atoms with Crippen LogP contribution in [0.15, 0.2) is 47.1 Å². The van der Waals surface area contributed by atoms with Crippen molar-refractivity contribution in [3.8, 4) is 0 Å². The Labute approximate surface area is 133 Å². The number of carboxylic acids is 1. The number of hydrogen-bond donors (Lipinski definition) is 2. The van der Waals surface area contributed by atoms with Crippen molar-refractivity contribution in [3.63, 3.8) is 0 Å². The molecule has 3 rings (SSSR count). The third-order valence-electron chi connectivity index (χ3n) is 3.73. The number of ether oxygens (including phenoxy) is 1. The van der Waals surface area contributed by atoms with Gasteiger partial charge in [0.15, 0.2) is 0 Å². The monoisotopic (exact) mass is 315 g/mol. The van der Waals surface area contributed by atoms with Crippen LogP contribution in [0.3, 0.4) is 0 Å². The van der Waals surface area contributed by atoms with Gasteiger partial charge in [-0.05, 0) is 36.2 Å². The van der Waals surface area contributed by atoms with Crippen molar-refractivity contribution in [1.82, 2.24) is 0 Å². The Morgan fingerprint density at radius 3 is 2.78 bits per heavy atom. The van der Waals surface area contributed by atoms with Gasteiger partial charge in [-0.2, -0.15) is 0 Å². The van der Waals surface area contributed by atoms with Crippen LogP contribution >= 0.6 is 0 Å². The Balaban J connectivity index is 1.51. The zero-order valence-corrected chi connectivity index (χ0v) is 12.4. The molecule has 120 valence electrons. The van der Waals surface area contributed by atoms with Gasteiger partial charge in [0.2, 0.25) is 5.91 Å². The zero-order valence-electron chi connectivity index (χ0n) is 12.4. The Kier molecular flexibility index (Phi) is 4.43. The Morgan fingerprint density at radius 2 is 2.09 bits per heavy atom. The highest BCUT2D eigenvalue weighted by atomic mass is 16.5. The molecule has 1 aliphatic carbocycles.